The Morgan fingerprint density at radius 1 is 1.10 bits per heavy atom. The monoisotopic (exact) mass is 414 g/mol. The van der Waals surface area contributed by atoms with Crippen molar-refractivity contribution in [2.24, 2.45) is 0 Å². The molecule has 0 spiro atoms. The second-order valence-electron chi connectivity index (χ2n) is 8.09. The molecule has 4 aromatic rings. The van der Waals surface area contributed by atoms with Crippen molar-refractivity contribution in [2.75, 3.05) is 13.1 Å². The predicted octanol–water partition coefficient (Wildman–Crippen LogP) is 3.38. The van der Waals surface area contributed by atoms with Crippen LogP contribution in [0.15, 0.2) is 47.8 Å². The lowest BCUT2D eigenvalue weighted by Crippen LogP contribution is -2.28. The number of rotatable bonds is 5. The van der Waals surface area contributed by atoms with Crippen LogP contribution in [0.25, 0.3) is 22.3 Å². The maximum Gasteiger partial charge on any atom is 0.251 e. The van der Waals surface area contributed by atoms with Crippen molar-refractivity contribution in [3.05, 3.63) is 75.9 Å². The van der Waals surface area contributed by atoms with Gasteiger partial charge in [0.1, 0.15) is 0 Å². The molecule has 1 aliphatic rings. The largest absolute Gasteiger partial charge is 0.320 e. The molecular weight excluding hydrogens is 388 g/mol. The fourth-order valence-electron chi connectivity index (χ4n) is 4.15. The summed E-state index contributed by atoms with van der Waals surface area (Å²) in [5.74, 6) is 0. The topological polar surface area (TPSA) is 79.2 Å². The number of fused-ring (bicyclic) bond motifs is 2. The van der Waals surface area contributed by atoms with E-state index in [1.807, 2.05) is 31.5 Å². The Balaban J connectivity index is 1.31. The highest BCUT2D eigenvalue weighted by Gasteiger charge is 2.15. The molecule has 1 N–H and O–H groups in total. The summed E-state index contributed by atoms with van der Waals surface area (Å²) in [6.07, 6.45) is 12.8. The van der Waals surface area contributed by atoms with Gasteiger partial charge >= 0.3 is 0 Å². The predicted molar refractivity (Wildman–Crippen MR) is 122 cm³/mol. The van der Waals surface area contributed by atoms with E-state index in [1.165, 1.54) is 5.57 Å². The summed E-state index contributed by atoms with van der Waals surface area (Å²) >= 11 is 0. The van der Waals surface area contributed by atoms with Gasteiger partial charge in [-0.05, 0) is 42.5 Å². The zero-order valence-electron chi connectivity index (χ0n) is 17.9. The van der Waals surface area contributed by atoms with Gasteiger partial charge in [-0.25, -0.2) is 4.98 Å². The highest BCUT2D eigenvalue weighted by molar-refractivity contribution is 5.74. The Morgan fingerprint density at radius 3 is 2.77 bits per heavy atom. The zero-order chi connectivity index (χ0) is 21.4. The lowest BCUT2D eigenvalue weighted by atomic mass is 10.0. The van der Waals surface area contributed by atoms with Crippen molar-refractivity contribution in [1.82, 2.24) is 29.2 Å². The first-order valence-electron chi connectivity index (χ1n) is 10.9. The number of aryl methyl sites for hydroxylation is 2. The van der Waals surface area contributed by atoms with Crippen molar-refractivity contribution in [3.63, 3.8) is 0 Å². The number of aromatic amines is 1. The van der Waals surface area contributed by atoms with Gasteiger partial charge in [-0.2, -0.15) is 0 Å². The Kier molecular flexibility index (Phi) is 5.11. The van der Waals surface area contributed by atoms with Crippen LogP contribution in [0.5, 0.6) is 0 Å². The molecule has 4 aromatic heterocycles. The number of nitrogens with zero attached hydrogens (tertiary/aromatic N) is 5. The molecule has 0 atom stereocenters. The van der Waals surface area contributed by atoms with Gasteiger partial charge in [-0.15, -0.1) is 0 Å². The normalized spacial score (nSPS) is 15.0. The minimum atomic E-state index is -0.0204. The van der Waals surface area contributed by atoms with Gasteiger partial charge in [0, 0.05) is 43.8 Å². The van der Waals surface area contributed by atoms with Crippen molar-refractivity contribution in [1.29, 1.82) is 0 Å². The molecule has 0 aliphatic carbocycles. The van der Waals surface area contributed by atoms with E-state index in [2.05, 4.69) is 54.6 Å². The lowest BCUT2D eigenvalue weighted by Gasteiger charge is -2.26. The molecule has 7 nitrogen and oxygen atoms in total. The Bertz CT molecular complexity index is 1350. The minimum Gasteiger partial charge on any atom is -0.320 e. The summed E-state index contributed by atoms with van der Waals surface area (Å²) < 4.78 is 2.07. The number of imidazole rings is 1. The van der Waals surface area contributed by atoms with Crippen molar-refractivity contribution >= 4 is 22.3 Å². The van der Waals surface area contributed by atoms with Crippen LogP contribution in [0, 0.1) is 0 Å². The summed E-state index contributed by atoms with van der Waals surface area (Å²) in [7, 11) is 0. The fourth-order valence-corrected chi connectivity index (χ4v) is 4.15. The number of pyridine rings is 2. The van der Waals surface area contributed by atoms with Crippen LogP contribution >= 0.6 is 0 Å². The van der Waals surface area contributed by atoms with E-state index in [-0.39, 0.29) is 5.56 Å². The summed E-state index contributed by atoms with van der Waals surface area (Å²) in [5, 5.41) is 0. The summed E-state index contributed by atoms with van der Waals surface area (Å²) in [6.45, 7) is 6.72. The molecule has 0 saturated heterocycles. The van der Waals surface area contributed by atoms with Crippen LogP contribution in [0.2, 0.25) is 0 Å². The first-order valence-corrected chi connectivity index (χ1v) is 10.9. The first kappa shape index (κ1) is 19.6. The molecule has 0 saturated carbocycles. The second kappa shape index (κ2) is 8.07. The van der Waals surface area contributed by atoms with Gasteiger partial charge in [-0.3, -0.25) is 19.7 Å². The van der Waals surface area contributed by atoms with E-state index in [0.29, 0.717) is 6.42 Å². The van der Waals surface area contributed by atoms with Crippen LogP contribution in [0.4, 0.5) is 0 Å². The van der Waals surface area contributed by atoms with Crippen molar-refractivity contribution in [3.8, 4) is 0 Å². The summed E-state index contributed by atoms with van der Waals surface area (Å²) in [4.78, 5) is 31.2. The SMILES string of the molecule is CCc1cn2cc(C3=CCN(Cc4cnc5cc(CC)c(=O)[nH]c5c4)CC3)ncc2n1. The molecule has 0 radical (unpaired) electrons. The molecule has 0 bridgehead atoms. The molecule has 7 heteroatoms. The maximum atomic E-state index is 12.1. The number of H-pyrrole nitrogens is 1. The molecular formula is C24H26N6O. The van der Waals surface area contributed by atoms with Gasteiger partial charge in [0.05, 0.1) is 28.6 Å². The minimum absolute atomic E-state index is 0.0204. The van der Waals surface area contributed by atoms with E-state index >= 15 is 0 Å². The first-order chi connectivity index (χ1) is 15.1. The number of nitrogens with one attached hydrogen (secondary N) is 1. The van der Waals surface area contributed by atoms with Gasteiger partial charge < -0.3 is 9.38 Å². The van der Waals surface area contributed by atoms with Gasteiger partial charge in [0.25, 0.3) is 5.56 Å². The molecule has 0 fully saturated rings. The third kappa shape index (κ3) is 3.88. The summed E-state index contributed by atoms with van der Waals surface area (Å²) in [6, 6.07) is 3.93. The Hall–Kier alpha value is -3.32. The second-order valence-corrected chi connectivity index (χ2v) is 8.09. The molecule has 5 rings (SSSR count). The molecule has 0 amide bonds. The fraction of sp³-hybridized carbons (Fsp3) is 0.333. The maximum absolute atomic E-state index is 12.1. The molecule has 0 unspecified atom stereocenters. The van der Waals surface area contributed by atoms with E-state index in [1.54, 1.807) is 0 Å². The molecule has 31 heavy (non-hydrogen) atoms. The van der Waals surface area contributed by atoms with E-state index in [9.17, 15) is 4.79 Å². The standard InChI is InChI=1S/C24H26N6O/c1-3-17-10-20-21(28-24(17)31)9-16(11-25-20)13-29-7-5-18(6-8-29)22-15-30-14-19(4-2)27-23(30)12-26-22/h5,9-12,14-15H,3-4,6-8,13H2,1-2H3,(H,28,31). The molecule has 5 heterocycles. The zero-order valence-corrected chi connectivity index (χ0v) is 17.9. The van der Waals surface area contributed by atoms with Crippen LogP contribution in [0.1, 0.15) is 42.8 Å². The lowest BCUT2D eigenvalue weighted by molar-refractivity contribution is 0.293. The smallest absolute Gasteiger partial charge is 0.251 e. The number of hydrogen-bond acceptors (Lipinski definition) is 5. The third-order valence-corrected chi connectivity index (χ3v) is 5.99. The number of aromatic nitrogens is 5. The van der Waals surface area contributed by atoms with E-state index in [0.717, 1.165) is 71.7 Å². The van der Waals surface area contributed by atoms with Crippen LogP contribution in [0.3, 0.4) is 0 Å². The third-order valence-electron chi connectivity index (χ3n) is 5.99. The van der Waals surface area contributed by atoms with Gasteiger partial charge in [0.15, 0.2) is 5.65 Å². The average molecular weight is 415 g/mol. The summed E-state index contributed by atoms with van der Waals surface area (Å²) in [5.41, 5.74) is 7.77. The highest BCUT2D eigenvalue weighted by Crippen LogP contribution is 2.22. The Labute approximate surface area is 180 Å². The van der Waals surface area contributed by atoms with E-state index in [4.69, 9.17) is 0 Å². The van der Waals surface area contributed by atoms with Gasteiger partial charge in [-0.1, -0.05) is 19.9 Å². The van der Waals surface area contributed by atoms with Gasteiger partial charge in [0.2, 0.25) is 0 Å². The average Bonchev–Trinajstić information content (AvgIpc) is 3.21. The molecule has 158 valence electrons. The number of hydrogen-bond donors (Lipinski definition) is 1. The quantitative estimate of drug-likeness (QED) is 0.542. The van der Waals surface area contributed by atoms with Crippen LogP contribution in [-0.4, -0.2) is 42.3 Å². The highest BCUT2D eigenvalue weighted by atomic mass is 16.1. The van der Waals surface area contributed by atoms with E-state index < -0.39 is 0 Å². The Morgan fingerprint density at radius 2 is 2.00 bits per heavy atom. The van der Waals surface area contributed by atoms with Crippen LogP contribution in [-0.2, 0) is 19.4 Å². The van der Waals surface area contributed by atoms with Crippen molar-refractivity contribution in [2.45, 2.75) is 39.7 Å². The van der Waals surface area contributed by atoms with Crippen LogP contribution < -0.4 is 5.56 Å². The van der Waals surface area contributed by atoms with Crippen molar-refractivity contribution < 1.29 is 0 Å². The molecule has 1 aliphatic heterocycles. The molecule has 0 aromatic carbocycles.